The molecule has 0 spiro atoms. The molecule has 4 aromatic rings. The fourth-order valence-electron chi connectivity index (χ4n) is 5.16. The lowest BCUT2D eigenvalue weighted by molar-refractivity contribution is 0.171. The van der Waals surface area contributed by atoms with Crippen molar-refractivity contribution in [2.75, 3.05) is 26.3 Å². The molecule has 2 aliphatic heterocycles. The zero-order chi connectivity index (χ0) is 23.8. The van der Waals surface area contributed by atoms with Crippen molar-refractivity contribution >= 4 is 11.1 Å². The normalized spacial score (nSPS) is 15.8. The van der Waals surface area contributed by atoms with Gasteiger partial charge in [0.25, 0.3) is 0 Å². The van der Waals surface area contributed by atoms with Crippen LogP contribution in [0.1, 0.15) is 36.0 Å². The van der Waals surface area contributed by atoms with Gasteiger partial charge in [0, 0.05) is 12.1 Å². The van der Waals surface area contributed by atoms with Crippen LogP contribution in [0.25, 0.3) is 33.7 Å². The van der Waals surface area contributed by atoms with E-state index in [-0.39, 0.29) is 0 Å². The molecule has 0 radical (unpaired) electrons. The van der Waals surface area contributed by atoms with Crippen LogP contribution in [0.4, 0.5) is 0 Å². The van der Waals surface area contributed by atoms with Crippen LogP contribution in [0.15, 0.2) is 52.9 Å². The molecule has 0 unspecified atom stereocenters. The maximum absolute atomic E-state index is 10.1. The Bertz CT molecular complexity index is 1440. The van der Waals surface area contributed by atoms with E-state index in [0.717, 1.165) is 53.2 Å². The minimum Gasteiger partial charge on any atom is -0.486 e. The van der Waals surface area contributed by atoms with Crippen molar-refractivity contribution in [2.24, 2.45) is 0 Å². The monoisotopic (exact) mass is 465 g/mol. The Balaban J connectivity index is 1.38. The highest BCUT2D eigenvalue weighted by atomic mass is 16.6. The number of benzene rings is 3. The quantitative estimate of drug-likeness (QED) is 0.363. The summed E-state index contributed by atoms with van der Waals surface area (Å²) in [6.45, 7) is 6.36. The zero-order valence-corrected chi connectivity index (χ0v) is 19.8. The van der Waals surface area contributed by atoms with Crippen molar-refractivity contribution in [3.63, 3.8) is 0 Å². The number of aryl methyl sites for hydroxylation is 1. The minimum absolute atomic E-state index is 0.467. The van der Waals surface area contributed by atoms with Crippen molar-refractivity contribution in [3.05, 3.63) is 65.2 Å². The predicted octanol–water partition coefficient (Wildman–Crippen LogP) is 6.10. The number of nitrogens with zero attached hydrogens (tertiary/aromatic N) is 3. The topological polar surface area (TPSA) is 71.5 Å². The molecule has 0 saturated carbocycles. The van der Waals surface area contributed by atoms with Crippen LogP contribution in [-0.2, 0) is 6.54 Å². The molecule has 0 bridgehead atoms. The molecule has 1 saturated heterocycles. The number of hydrogen-bond donors (Lipinski definition) is 0. The van der Waals surface area contributed by atoms with Gasteiger partial charge in [0.05, 0.1) is 11.1 Å². The molecule has 2 aliphatic rings. The van der Waals surface area contributed by atoms with E-state index >= 15 is 0 Å². The number of hydrogen-bond acceptors (Lipinski definition) is 6. The van der Waals surface area contributed by atoms with Gasteiger partial charge in [0.2, 0.25) is 5.89 Å². The second-order valence-electron chi connectivity index (χ2n) is 9.32. The number of likely N-dealkylation sites (tertiary alicyclic amines) is 1. The van der Waals surface area contributed by atoms with Crippen LogP contribution >= 0.6 is 0 Å². The van der Waals surface area contributed by atoms with E-state index < -0.39 is 0 Å². The maximum atomic E-state index is 10.1. The third kappa shape index (κ3) is 4.13. The minimum atomic E-state index is 0.467. The lowest BCUT2D eigenvalue weighted by atomic mass is 9.95. The van der Waals surface area contributed by atoms with Crippen LogP contribution in [0, 0.1) is 18.3 Å². The molecule has 6 nitrogen and oxygen atoms in total. The summed E-state index contributed by atoms with van der Waals surface area (Å²) in [5.41, 5.74) is 6.85. The van der Waals surface area contributed by atoms with E-state index in [0.29, 0.717) is 36.0 Å². The van der Waals surface area contributed by atoms with Gasteiger partial charge in [-0.2, -0.15) is 5.26 Å². The molecule has 0 aliphatic carbocycles. The van der Waals surface area contributed by atoms with Crippen LogP contribution in [-0.4, -0.2) is 36.2 Å². The van der Waals surface area contributed by atoms with Gasteiger partial charge in [-0.25, -0.2) is 4.98 Å². The molecule has 3 aromatic carbocycles. The highest BCUT2D eigenvalue weighted by Gasteiger charge is 2.20. The molecule has 0 N–H and O–H groups in total. The van der Waals surface area contributed by atoms with Gasteiger partial charge < -0.3 is 13.9 Å². The largest absolute Gasteiger partial charge is 0.486 e. The summed E-state index contributed by atoms with van der Waals surface area (Å²) in [4.78, 5) is 7.34. The maximum Gasteiger partial charge on any atom is 0.228 e. The molecule has 0 amide bonds. The molecular weight excluding hydrogens is 438 g/mol. The average Bonchev–Trinajstić information content (AvgIpc) is 3.33. The fourth-order valence-corrected chi connectivity index (χ4v) is 5.16. The number of piperidine rings is 1. The summed E-state index contributed by atoms with van der Waals surface area (Å²) in [7, 11) is 0. The van der Waals surface area contributed by atoms with E-state index in [1.54, 1.807) is 0 Å². The lowest BCUT2D eigenvalue weighted by Crippen LogP contribution is -2.29. The Morgan fingerprint density at radius 2 is 1.74 bits per heavy atom. The summed E-state index contributed by atoms with van der Waals surface area (Å²) >= 11 is 0. The molecule has 0 atom stereocenters. The van der Waals surface area contributed by atoms with Crippen molar-refractivity contribution in [1.29, 1.82) is 5.26 Å². The molecule has 1 aromatic heterocycles. The summed E-state index contributed by atoms with van der Waals surface area (Å²) in [6, 6.07) is 18.3. The fraction of sp³-hybridized carbons (Fsp3) is 0.310. The SMILES string of the molecule is Cc1cc(CN2CCCCC2)cc2nc(-c3cccc(-c4ccc5c(c4)OCCO5)c3C#N)oc12. The number of ether oxygens (including phenoxy) is 2. The van der Waals surface area contributed by atoms with Crippen molar-refractivity contribution < 1.29 is 13.9 Å². The summed E-state index contributed by atoms with van der Waals surface area (Å²) in [6.07, 6.45) is 3.87. The third-order valence-electron chi connectivity index (χ3n) is 6.85. The molecule has 176 valence electrons. The lowest BCUT2D eigenvalue weighted by Gasteiger charge is -2.26. The summed E-state index contributed by atoms with van der Waals surface area (Å²) in [5, 5.41) is 10.1. The first kappa shape index (κ1) is 21.7. The first-order chi connectivity index (χ1) is 17.2. The van der Waals surface area contributed by atoms with E-state index in [9.17, 15) is 5.26 Å². The average molecular weight is 466 g/mol. The van der Waals surface area contributed by atoms with Crippen LogP contribution in [0.3, 0.4) is 0 Å². The number of nitriles is 1. The second kappa shape index (κ2) is 9.09. The van der Waals surface area contributed by atoms with Crippen molar-refractivity contribution in [2.45, 2.75) is 32.7 Å². The smallest absolute Gasteiger partial charge is 0.228 e. The molecule has 1 fully saturated rings. The van der Waals surface area contributed by atoms with Crippen LogP contribution in [0.2, 0.25) is 0 Å². The van der Waals surface area contributed by atoms with Crippen molar-refractivity contribution in [3.8, 4) is 40.1 Å². The second-order valence-corrected chi connectivity index (χ2v) is 9.32. The molecule has 6 rings (SSSR count). The summed E-state index contributed by atoms with van der Waals surface area (Å²) in [5.74, 6) is 1.89. The van der Waals surface area contributed by atoms with E-state index in [4.69, 9.17) is 18.9 Å². The predicted molar refractivity (Wildman–Crippen MR) is 134 cm³/mol. The highest BCUT2D eigenvalue weighted by molar-refractivity contribution is 5.84. The molecule has 6 heteroatoms. The molecule has 35 heavy (non-hydrogen) atoms. The Morgan fingerprint density at radius 3 is 2.57 bits per heavy atom. The summed E-state index contributed by atoms with van der Waals surface area (Å²) < 4.78 is 17.6. The standard InChI is InChI=1S/C29H27N3O3/c1-19-14-20(18-32-10-3-2-4-11-32)15-25-28(19)35-29(31-25)23-7-5-6-22(24(23)17-30)21-8-9-26-27(16-21)34-13-12-33-26/h5-9,14-16H,2-4,10-13,18H2,1H3. The van der Waals surface area contributed by atoms with Gasteiger partial charge in [0.1, 0.15) is 24.8 Å². The number of rotatable bonds is 4. The van der Waals surface area contributed by atoms with Crippen LogP contribution in [0.5, 0.6) is 11.5 Å². The van der Waals surface area contributed by atoms with Gasteiger partial charge in [-0.3, -0.25) is 4.90 Å². The van der Waals surface area contributed by atoms with Gasteiger partial charge in [-0.15, -0.1) is 0 Å². The van der Waals surface area contributed by atoms with Gasteiger partial charge in [-0.05, 0) is 73.8 Å². The first-order valence-corrected chi connectivity index (χ1v) is 12.3. The first-order valence-electron chi connectivity index (χ1n) is 12.3. The Morgan fingerprint density at radius 1 is 0.943 bits per heavy atom. The highest BCUT2D eigenvalue weighted by Crippen LogP contribution is 2.38. The van der Waals surface area contributed by atoms with Crippen molar-refractivity contribution in [1.82, 2.24) is 9.88 Å². The van der Waals surface area contributed by atoms with Crippen LogP contribution < -0.4 is 9.47 Å². The number of oxazole rings is 1. The molecule has 3 heterocycles. The van der Waals surface area contributed by atoms with Gasteiger partial charge in [0.15, 0.2) is 17.1 Å². The number of aromatic nitrogens is 1. The van der Waals surface area contributed by atoms with Gasteiger partial charge in [-0.1, -0.05) is 30.7 Å². The van der Waals surface area contributed by atoms with Gasteiger partial charge >= 0.3 is 0 Å². The van der Waals surface area contributed by atoms with E-state index in [2.05, 4.69) is 30.0 Å². The molecular formula is C29H27N3O3. The van der Waals surface area contributed by atoms with E-state index in [1.807, 2.05) is 36.4 Å². The zero-order valence-electron chi connectivity index (χ0n) is 19.8. The Kier molecular flexibility index (Phi) is 5.63. The number of fused-ring (bicyclic) bond motifs is 2. The Hall–Kier alpha value is -3.82. The Labute approximate surface area is 204 Å². The third-order valence-corrected chi connectivity index (χ3v) is 6.85. The van der Waals surface area contributed by atoms with E-state index in [1.165, 1.54) is 24.8 Å².